The molecule has 0 aromatic rings. The molecule has 0 atom stereocenters. The minimum Gasteiger partial charge on any atom is -0.428 e. The van der Waals surface area contributed by atoms with Crippen molar-refractivity contribution in [2.75, 3.05) is 0 Å². The number of carbonyl (C=O) groups excluding carboxylic acids is 1. The van der Waals surface area contributed by atoms with Crippen LogP contribution in [0.25, 0.3) is 0 Å². The number of nitrogens with zero attached hydrogens (tertiary/aromatic N) is 1. The number of hydrogen-bond acceptors (Lipinski definition) is 2. The molecule has 0 radical (unpaired) electrons. The molecule has 0 spiro atoms. The van der Waals surface area contributed by atoms with Gasteiger partial charge in [0.25, 0.3) is 0 Å². The van der Waals surface area contributed by atoms with Crippen molar-refractivity contribution in [2.45, 2.75) is 19.8 Å². The molecule has 10 heavy (non-hydrogen) atoms. The van der Waals surface area contributed by atoms with Gasteiger partial charge in [0.05, 0.1) is 0 Å². The zero-order chi connectivity index (χ0) is 7.11. The van der Waals surface area contributed by atoms with Crippen molar-refractivity contribution in [1.29, 1.82) is 0 Å². The summed E-state index contributed by atoms with van der Waals surface area (Å²) < 4.78 is 0. The van der Waals surface area contributed by atoms with Gasteiger partial charge in [-0.05, 0) is 13.3 Å². The SMILES string of the molecule is [CH-]=NC#CCCC(C)=O.[U]. The minimum absolute atomic E-state index is 0. The Bertz CT molecular complexity index is 166. The van der Waals surface area contributed by atoms with E-state index in [4.69, 9.17) is 6.72 Å². The third kappa shape index (κ3) is 10.8. The van der Waals surface area contributed by atoms with Gasteiger partial charge in [0.2, 0.25) is 0 Å². The van der Waals surface area contributed by atoms with E-state index in [1.54, 1.807) is 0 Å². The second kappa shape index (κ2) is 8.95. The van der Waals surface area contributed by atoms with Crippen LogP contribution in [0.5, 0.6) is 0 Å². The smallest absolute Gasteiger partial charge is 0.130 e. The van der Waals surface area contributed by atoms with Gasteiger partial charge in [0.15, 0.2) is 0 Å². The van der Waals surface area contributed by atoms with Gasteiger partial charge in [-0.1, -0.05) is 0 Å². The molecular formula is C7H8NOU-. The molecule has 0 saturated carbocycles. The predicted octanol–water partition coefficient (Wildman–Crippen LogP) is 0.894. The molecule has 0 fully saturated rings. The monoisotopic (exact) mass is 360 g/mol. The predicted molar refractivity (Wildman–Crippen MR) is 36.2 cm³/mol. The van der Waals surface area contributed by atoms with E-state index in [9.17, 15) is 4.79 Å². The molecule has 0 N–H and O–H groups in total. The van der Waals surface area contributed by atoms with Crippen molar-refractivity contribution in [3.8, 4) is 12.0 Å². The van der Waals surface area contributed by atoms with E-state index in [2.05, 4.69) is 17.0 Å². The Kier molecular flexibility index (Phi) is 11.3. The molecule has 0 aliphatic heterocycles. The van der Waals surface area contributed by atoms with Crippen LogP contribution in [0.4, 0.5) is 0 Å². The van der Waals surface area contributed by atoms with E-state index >= 15 is 0 Å². The van der Waals surface area contributed by atoms with Gasteiger partial charge < -0.3 is 4.99 Å². The third-order valence-corrected chi connectivity index (χ3v) is 0.746. The van der Waals surface area contributed by atoms with Crippen LogP contribution in [-0.4, -0.2) is 12.5 Å². The quantitative estimate of drug-likeness (QED) is 0.409. The number of aliphatic imine (C=N–C) groups is 1. The summed E-state index contributed by atoms with van der Waals surface area (Å²) in [7, 11) is 0. The Hall–Kier alpha value is -0.0481. The molecule has 0 unspecified atom stereocenters. The summed E-state index contributed by atoms with van der Waals surface area (Å²) in [5, 5.41) is 0. The Morgan fingerprint density at radius 3 is 2.70 bits per heavy atom. The van der Waals surface area contributed by atoms with Crippen LogP contribution in [0.3, 0.4) is 0 Å². The molecule has 0 saturated heterocycles. The normalized spacial score (nSPS) is 6.50. The Labute approximate surface area is 84.9 Å². The second-order valence-electron chi connectivity index (χ2n) is 1.62. The molecule has 0 aliphatic rings. The molecular weight excluding hydrogens is 352 g/mol. The van der Waals surface area contributed by atoms with Crippen LogP contribution < -0.4 is 0 Å². The van der Waals surface area contributed by atoms with E-state index in [1.807, 2.05) is 0 Å². The fourth-order valence-corrected chi connectivity index (χ4v) is 0.340. The molecule has 0 bridgehead atoms. The van der Waals surface area contributed by atoms with E-state index in [1.165, 1.54) is 6.92 Å². The summed E-state index contributed by atoms with van der Waals surface area (Å²) in [6.07, 6.45) is 1.04. The largest absolute Gasteiger partial charge is 0.428 e. The van der Waals surface area contributed by atoms with Crippen LogP contribution in [-0.2, 0) is 4.79 Å². The average molecular weight is 360 g/mol. The van der Waals surface area contributed by atoms with Crippen molar-refractivity contribution >= 4 is 12.5 Å². The Balaban J connectivity index is 0. The van der Waals surface area contributed by atoms with Crippen LogP contribution in [0.15, 0.2) is 4.99 Å². The zero-order valence-electron chi connectivity index (χ0n) is 5.85. The van der Waals surface area contributed by atoms with Crippen LogP contribution in [0.2, 0.25) is 0 Å². The van der Waals surface area contributed by atoms with Gasteiger partial charge in [-0.25, -0.2) is 6.04 Å². The first-order valence-electron chi connectivity index (χ1n) is 2.64. The van der Waals surface area contributed by atoms with E-state index in [0.717, 1.165) is 0 Å². The van der Waals surface area contributed by atoms with E-state index in [-0.39, 0.29) is 36.9 Å². The summed E-state index contributed by atoms with van der Waals surface area (Å²) >= 11 is 0. The molecule has 2 nitrogen and oxygen atoms in total. The van der Waals surface area contributed by atoms with Crippen LogP contribution in [0.1, 0.15) is 19.8 Å². The van der Waals surface area contributed by atoms with Gasteiger partial charge in [-0.2, -0.15) is 12.6 Å². The Morgan fingerprint density at radius 2 is 2.30 bits per heavy atom. The van der Waals surface area contributed by atoms with Gasteiger partial charge in [0.1, 0.15) is 5.78 Å². The maximum absolute atomic E-state index is 10.3. The summed E-state index contributed by atoms with van der Waals surface area (Å²) in [5.41, 5.74) is 0. The van der Waals surface area contributed by atoms with Gasteiger partial charge in [-0.3, -0.25) is 4.79 Å². The maximum atomic E-state index is 10.3. The van der Waals surface area contributed by atoms with Gasteiger partial charge in [0, 0.05) is 37.5 Å². The molecule has 3 heteroatoms. The summed E-state index contributed by atoms with van der Waals surface area (Å²) in [6, 6.07) is 2.30. The fourth-order valence-electron chi connectivity index (χ4n) is 0.340. The maximum Gasteiger partial charge on any atom is 0.130 e. The average Bonchev–Trinajstić information content (AvgIpc) is 1.80. The summed E-state index contributed by atoms with van der Waals surface area (Å²) in [5.74, 6) is 2.74. The van der Waals surface area contributed by atoms with Crippen LogP contribution in [0, 0.1) is 43.1 Å². The molecule has 52 valence electrons. The van der Waals surface area contributed by atoms with Gasteiger partial charge in [-0.15, -0.1) is 0 Å². The fraction of sp³-hybridized carbons (Fsp3) is 0.429. The molecule has 0 heterocycles. The third-order valence-electron chi connectivity index (χ3n) is 0.746. The second-order valence-corrected chi connectivity index (χ2v) is 1.62. The van der Waals surface area contributed by atoms with Crippen LogP contribution >= 0.6 is 0 Å². The standard InChI is InChI=1S/C7H8NO.U/c1-7(9)5-3-4-6-8-2;/h2H,3,5H2,1H3;/q-1;. The number of ketones is 1. The van der Waals surface area contributed by atoms with Crippen molar-refractivity contribution in [3.05, 3.63) is 0 Å². The molecule has 0 amide bonds. The first-order valence-corrected chi connectivity index (χ1v) is 2.64. The first kappa shape index (κ1) is 12.6. The van der Waals surface area contributed by atoms with E-state index in [0.29, 0.717) is 12.8 Å². The molecule has 0 aromatic carbocycles. The van der Waals surface area contributed by atoms with Crippen molar-refractivity contribution < 1.29 is 35.9 Å². The summed E-state index contributed by atoms with van der Waals surface area (Å²) in [4.78, 5) is 13.3. The van der Waals surface area contributed by atoms with Gasteiger partial charge >= 0.3 is 0 Å². The van der Waals surface area contributed by atoms with Crippen molar-refractivity contribution in [3.63, 3.8) is 0 Å². The minimum atomic E-state index is 0. The number of Topliss-reactive ketones (excluding diaryl/α,β-unsaturated/α-hetero) is 1. The number of hydrogen-bond donors (Lipinski definition) is 0. The van der Waals surface area contributed by atoms with E-state index < -0.39 is 0 Å². The molecule has 0 aromatic heterocycles. The number of rotatable bonds is 2. The summed E-state index contributed by atoms with van der Waals surface area (Å²) in [6.45, 7) is 6.24. The van der Waals surface area contributed by atoms with Crippen molar-refractivity contribution in [1.82, 2.24) is 0 Å². The zero-order valence-corrected chi connectivity index (χ0v) is 10.0. The Morgan fingerprint density at radius 1 is 1.70 bits per heavy atom. The topological polar surface area (TPSA) is 29.4 Å². The number of carbonyl (C=O) groups is 1. The molecule has 0 rings (SSSR count). The molecule has 0 aliphatic carbocycles. The van der Waals surface area contributed by atoms with Crippen molar-refractivity contribution in [2.24, 2.45) is 4.99 Å². The first-order chi connectivity index (χ1) is 4.27.